The van der Waals surface area contributed by atoms with Crippen molar-refractivity contribution in [3.63, 3.8) is 0 Å². The highest BCUT2D eigenvalue weighted by Crippen LogP contribution is 2.14. The van der Waals surface area contributed by atoms with Crippen molar-refractivity contribution in [1.29, 1.82) is 0 Å². The summed E-state index contributed by atoms with van der Waals surface area (Å²) in [5.74, 6) is -0.681. The molecule has 0 heterocycles. The van der Waals surface area contributed by atoms with Gasteiger partial charge in [0.15, 0.2) is 0 Å². The summed E-state index contributed by atoms with van der Waals surface area (Å²) >= 11 is 0. The minimum Gasteiger partial charge on any atom is -0.464 e. The molecule has 0 saturated heterocycles. The molecule has 0 spiro atoms. The standard InChI is InChI=1S/C13H18FNO3/c1-3-18-13(16)9-17-7-6-15-12-5-4-10(2)8-11(12)14/h4-5,8,15H,3,6-7,9H2,1-2H3. The van der Waals surface area contributed by atoms with Crippen LogP contribution in [0.1, 0.15) is 12.5 Å². The van der Waals surface area contributed by atoms with E-state index in [4.69, 9.17) is 9.47 Å². The summed E-state index contributed by atoms with van der Waals surface area (Å²) in [6.45, 7) is 4.57. The van der Waals surface area contributed by atoms with Gasteiger partial charge in [-0.2, -0.15) is 0 Å². The minimum atomic E-state index is -0.390. The number of hydrogen-bond donors (Lipinski definition) is 1. The van der Waals surface area contributed by atoms with Crippen LogP contribution in [0.3, 0.4) is 0 Å². The molecule has 4 nitrogen and oxygen atoms in total. The third-order valence-electron chi connectivity index (χ3n) is 2.21. The number of carbonyl (C=O) groups is 1. The van der Waals surface area contributed by atoms with Crippen LogP contribution < -0.4 is 5.32 Å². The molecule has 1 N–H and O–H groups in total. The van der Waals surface area contributed by atoms with Crippen molar-refractivity contribution >= 4 is 11.7 Å². The van der Waals surface area contributed by atoms with Crippen molar-refractivity contribution in [2.24, 2.45) is 0 Å². The van der Waals surface area contributed by atoms with Crippen LogP contribution in [0.15, 0.2) is 18.2 Å². The van der Waals surface area contributed by atoms with Gasteiger partial charge in [-0.15, -0.1) is 0 Å². The second-order valence-electron chi connectivity index (χ2n) is 3.77. The van der Waals surface area contributed by atoms with E-state index in [1.165, 1.54) is 6.07 Å². The zero-order chi connectivity index (χ0) is 13.4. The van der Waals surface area contributed by atoms with E-state index in [0.29, 0.717) is 25.4 Å². The SMILES string of the molecule is CCOC(=O)COCCNc1ccc(C)cc1F. The molecule has 0 aliphatic carbocycles. The number of carbonyl (C=O) groups excluding carboxylic acids is 1. The number of ether oxygens (including phenoxy) is 2. The van der Waals surface area contributed by atoms with Gasteiger partial charge in [-0.25, -0.2) is 9.18 Å². The van der Waals surface area contributed by atoms with Gasteiger partial charge in [0.2, 0.25) is 0 Å². The lowest BCUT2D eigenvalue weighted by Gasteiger charge is -2.08. The van der Waals surface area contributed by atoms with Crippen LogP contribution in [0.4, 0.5) is 10.1 Å². The first-order valence-electron chi connectivity index (χ1n) is 5.87. The predicted octanol–water partition coefficient (Wildman–Crippen LogP) is 2.13. The smallest absolute Gasteiger partial charge is 0.332 e. The van der Waals surface area contributed by atoms with E-state index in [9.17, 15) is 9.18 Å². The van der Waals surface area contributed by atoms with Gasteiger partial charge in [0.1, 0.15) is 12.4 Å². The molecule has 0 atom stereocenters. The van der Waals surface area contributed by atoms with Gasteiger partial charge >= 0.3 is 5.97 Å². The van der Waals surface area contributed by atoms with Crippen LogP contribution in [-0.2, 0) is 14.3 Å². The molecule has 0 saturated carbocycles. The molecule has 0 unspecified atom stereocenters. The van der Waals surface area contributed by atoms with Crippen LogP contribution in [0.2, 0.25) is 0 Å². The molecule has 0 amide bonds. The highest BCUT2D eigenvalue weighted by molar-refractivity contribution is 5.70. The van der Waals surface area contributed by atoms with Crippen molar-refractivity contribution in [3.8, 4) is 0 Å². The third kappa shape index (κ3) is 5.14. The molecule has 1 rings (SSSR count). The number of rotatable bonds is 7. The molecule has 0 aromatic heterocycles. The summed E-state index contributed by atoms with van der Waals surface area (Å²) in [5.41, 5.74) is 1.30. The van der Waals surface area contributed by atoms with E-state index in [1.54, 1.807) is 13.0 Å². The summed E-state index contributed by atoms with van der Waals surface area (Å²) in [5, 5.41) is 2.89. The highest BCUT2D eigenvalue weighted by Gasteiger charge is 2.02. The fourth-order valence-electron chi connectivity index (χ4n) is 1.38. The number of hydrogen-bond acceptors (Lipinski definition) is 4. The summed E-state index contributed by atoms with van der Waals surface area (Å²) < 4.78 is 23.2. The van der Waals surface area contributed by atoms with E-state index >= 15 is 0 Å². The Labute approximate surface area is 106 Å². The first kappa shape index (κ1) is 14.4. The number of benzene rings is 1. The molecule has 0 radical (unpaired) electrons. The maximum absolute atomic E-state index is 13.4. The number of aryl methyl sites for hydroxylation is 1. The van der Waals surface area contributed by atoms with Crippen molar-refractivity contribution < 1.29 is 18.7 Å². The molecule has 5 heteroatoms. The lowest BCUT2D eigenvalue weighted by atomic mass is 10.2. The molecule has 1 aromatic carbocycles. The number of anilines is 1. The molecule has 100 valence electrons. The highest BCUT2D eigenvalue weighted by atomic mass is 19.1. The monoisotopic (exact) mass is 255 g/mol. The predicted molar refractivity (Wildman–Crippen MR) is 67.1 cm³/mol. The lowest BCUT2D eigenvalue weighted by Crippen LogP contribution is -2.17. The van der Waals surface area contributed by atoms with Gasteiger partial charge in [0, 0.05) is 6.54 Å². The second-order valence-corrected chi connectivity index (χ2v) is 3.77. The molecule has 0 aliphatic heterocycles. The number of nitrogens with one attached hydrogen (secondary N) is 1. The van der Waals surface area contributed by atoms with Crippen molar-refractivity contribution in [3.05, 3.63) is 29.6 Å². The van der Waals surface area contributed by atoms with Gasteiger partial charge in [-0.05, 0) is 31.5 Å². The first-order chi connectivity index (χ1) is 8.63. The maximum atomic E-state index is 13.4. The van der Waals surface area contributed by atoms with E-state index in [-0.39, 0.29) is 18.4 Å². The van der Waals surface area contributed by atoms with Gasteiger partial charge in [-0.3, -0.25) is 0 Å². The first-order valence-corrected chi connectivity index (χ1v) is 5.87. The largest absolute Gasteiger partial charge is 0.464 e. The minimum absolute atomic E-state index is 0.0775. The Morgan fingerprint density at radius 2 is 2.22 bits per heavy atom. The average Bonchev–Trinajstić information content (AvgIpc) is 2.31. The van der Waals surface area contributed by atoms with Crippen LogP contribution in [-0.4, -0.2) is 32.3 Å². The summed E-state index contributed by atoms with van der Waals surface area (Å²) in [6.07, 6.45) is 0. The van der Waals surface area contributed by atoms with Crippen LogP contribution >= 0.6 is 0 Å². The summed E-state index contributed by atoms with van der Waals surface area (Å²) in [4.78, 5) is 10.9. The molecule has 18 heavy (non-hydrogen) atoms. The Morgan fingerprint density at radius 1 is 1.44 bits per heavy atom. The lowest BCUT2D eigenvalue weighted by molar-refractivity contribution is -0.148. The quantitative estimate of drug-likeness (QED) is 0.599. The maximum Gasteiger partial charge on any atom is 0.332 e. The zero-order valence-electron chi connectivity index (χ0n) is 10.7. The molecular weight excluding hydrogens is 237 g/mol. The van der Waals surface area contributed by atoms with E-state index in [0.717, 1.165) is 5.56 Å². The fourth-order valence-corrected chi connectivity index (χ4v) is 1.38. The van der Waals surface area contributed by atoms with Crippen LogP contribution in [0.25, 0.3) is 0 Å². The van der Waals surface area contributed by atoms with Gasteiger partial charge in [0.25, 0.3) is 0 Å². The Kier molecular flexibility index (Phi) is 6.14. The van der Waals surface area contributed by atoms with E-state index < -0.39 is 0 Å². The third-order valence-corrected chi connectivity index (χ3v) is 2.21. The molecular formula is C13H18FNO3. The van der Waals surface area contributed by atoms with Crippen molar-refractivity contribution in [2.75, 3.05) is 31.7 Å². The fraction of sp³-hybridized carbons (Fsp3) is 0.462. The summed E-state index contributed by atoms with van der Waals surface area (Å²) in [7, 11) is 0. The van der Waals surface area contributed by atoms with Gasteiger partial charge in [-0.1, -0.05) is 6.07 Å². The molecule has 0 aliphatic rings. The van der Waals surface area contributed by atoms with Gasteiger partial charge in [0.05, 0.1) is 18.9 Å². The second kappa shape index (κ2) is 7.66. The Morgan fingerprint density at radius 3 is 2.89 bits per heavy atom. The molecule has 0 bridgehead atoms. The van der Waals surface area contributed by atoms with Crippen LogP contribution in [0, 0.1) is 12.7 Å². The van der Waals surface area contributed by atoms with Gasteiger partial charge < -0.3 is 14.8 Å². The number of esters is 1. The summed E-state index contributed by atoms with van der Waals surface area (Å²) in [6, 6.07) is 4.96. The Hall–Kier alpha value is -1.62. The topological polar surface area (TPSA) is 47.6 Å². The zero-order valence-corrected chi connectivity index (χ0v) is 10.7. The Bertz CT molecular complexity index is 396. The van der Waals surface area contributed by atoms with E-state index in [1.807, 2.05) is 13.0 Å². The average molecular weight is 255 g/mol. The van der Waals surface area contributed by atoms with Crippen molar-refractivity contribution in [2.45, 2.75) is 13.8 Å². The number of halogens is 1. The van der Waals surface area contributed by atoms with Crippen LogP contribution in [0.5, 0.6) is 0 Å². The normalized spacial score (nSPS) is 10.2. The Balaban J connectivity index is 2.20. The van der Waals surface area contributed by atoms with Crippen molar-refractivity contribution in [1.82, 2.24) is 0 Å². The molecule has 0 fully saturated rings. The van der Waals surface area contributed by atoms with E-state index in [2.05, 4.69) is 5.32 Å². The molecule has 1 aromatic rings.